The van der Waals surface area contributed by atoms with Crippen LogP contribution in [0.4, 0.5) is 4.79 Å². The fourth-order valence-corrected chi connectivity index (χ4v) is 2.97. The molecule has 1 aromatic rings. The normalized spacial score (nSPS) is 19.3. The molecule has 0 aromatic heterocycles. The topological polar surface area (TPSA) is 72.1 Å². The van der Waals surface area contributed by atoms with Crippen molar-refractivity contribution >= 4 is 6.03 Å². The van der Waals surface area contributed by atoms with E-state index in [1.54, 1.807) is 6.07 Å². The summed E-state index contributed by atoms with van der Waals surface area (Å²) >= 11 is 0. The van der Waals surface area contributed by atoms with Crippen molar-refractivity contribution in [3.63, 3.8) is 0 Å². The molecule has 1 saturated heterocycles. The van der Waals surface area contributed by atoms with Crippen molar-refractivity contribution in [3.8, 4) is 17.2 Å². The zero-order valence-corrected chi connectivity index (χ0v) is 14.0. The molecule has 1 atom stereocenters. The standard InChI is InChI=1S/C17H25N3O4/c1-2-20-7-5-13(11-20)10-19-17(21)18-6-8-22-14-3-4-15-16(9-14)24-12-23-15/h3-4,9,13H,2,5-8,10-12H2,1H3,(H2,18,19,21)/t13-/m1/s1. The van der Waals surface area contributed by atoms with Gasteiger partial charge in [0.25, 0.3) is 0 Å². The van der Waals surface area contributed by atoms with Gasteiger partial charge in [-0.1, -0.05) is 6.92 Å². The Morgan fingerprint density at radius 3 is 3.04 bits per heavy atom. The molecule has 1 fully saturated rings. The fraction of sp³-hybridized carbons (Fsp3) is 0.588. The van der Waals surface area contributed by atoms with Crippen molar-refractivity contribution in [1.82, 2.24) is 15.5 Å². The zero-order valence-electron chi connectivity index (χ0n) is 14.0. The summed E-state index contributed by atoms with van der Waals surface area (Å²) in [7, 11) is 0. The summed E-state index contributed by atoms with van der Waals surface area (Å²) in [5, 5.41) is 5.74. The first kappa shape index (κ1) is 16.7. The Balaban J connectivity index is 1.28. The number of urea groups is 1. The number of benzene rings is 1. The van der Waals surface area contributed by atoms with Gasteiger partial charge in [0.2, 0.25) is 6.79 Å². The van der Waals surface area contributed by atoms with Crippen LogP contribution in [-0.4, -0.2) is 57.1 Å². The maximum atomic E-state index is 11.8. The van der Waals surface area contributed by atoms with Gasteiger partial charge in [0.05, 0.1) is 6.54 Å². The number of nitrogens with one attached hydrogen (secondary N) is 2. The Morgan fingerprint density at radius 2 is 2.21 bits per heavy atom. The van der Waals surface area contributed by atoms with Crippen molar-refractivity contribution in [1.29, 1.82) is 0 Å². The Hall–Kier alpha value is -2.15. The number of hydrogen-bond donors (Lipinski definition) is 2. The van der Waals surface area contributed by atoms with Crippen molar-refractivity contribution in [2.75, 3.05) is 46.1 Å². The van der Waals surface area contributed by atoms with E-state index in [-0.39, 0.29) is 12.8 Å². The van der Waals surface area contributed by atoms with Crippen LogP contribution in [0.5, 0.6) is 17.2 Å². The number of amides is 2. The number of carbonyl (C=O) groups excluding carboxylic acids is 1. The number of carbonyl (C=O) groups is 1. The monoisotopic (exact) mass is 335 g/mol. The molecule has 0 spiro atoms. The van der Waals surface area contributed by atoms with Gasteiger partial charge in [0.1, 0.15) is 12.4 Å². The van der Waals surface area contributed by atoms with Gasteiger partial charge in [-0.3, -0.25) is 0 Å². The molecule has 0 aliphatic carbocycles. The lowest BCUT2D eigenvalue weighted by molar-refractivity contribution is 0.173. The summed E-state index contributed by atoms with van der Waals surface area (Å²) in [6.45, 7) is 7.29. The number of fused-ring (bicyclic) bond motifs is 1. The SMILES string of the molecule is CCN1CC[C@H](CNC(=O)NCCOc2ccc3c(c2)OCO3)C1. The Bertz CT molecular complexity index is 567. The number of likely N-dealkylation sites (tertiary alicyclic amines) is 1. The minimum absolute atomic E-state index is 0.140. The van der Waals surface area contributed by atoms with Crippen LogP contribution >= 0.6 is 0 Å². The van der Waals surface area contributed by atoms with Crippen LogP contribution in [-0.2, 0) is 0 Å². The van der Waals surface area contributed by atoms with E-state index in [1.165, 1.54) is 0 Å². The van der Waals surface area contributed by atoms with Gasteiger partial charge in [-0.25, -0.2) is 4.79 Å². The van der Waals surface area contributed by atoms with E-state index in [1.807, 2.05) is 12.1 Å². The van der Waals surface area contributed by atoms with E-state index in [2.05, 4.69) is 22.5 Å². The Labute approximate surface area is 142 Å². The first-order valence-corrected chi connectivity index (χ1v) is 8.51. The van der Waals surface area contributed by atoms with Crippen molar-refractivity contribution in [2.45, 2.75) is 13.3 Å². The van der Waals surface area contributed by atoms with Crippen molar-refractivity contribution in [2.24, 2.45) is 5.92 Å². The highest BCUT2D eigenvalue weighted by atomic mass is 16.7. The average Bonchev–Trinajstić information content (AvgIpc) is 3.25. The van der Waals surface area contributed by atoms with Gasteiger partial charge in [-0.15, -0.1) is 0 Å². The summed E-state index contributed by atoms with van der Waals surface area (Å²) in [6.07, 6.45) is 1.15. The van der Waals surface area contributed by atoms with Gasteiger partial charge in [-0.2, -0.15) is 0 Å². The first-order chi connectivity index (χ1) is 11.7. The van der Waals surface area contributed by atoms with Gasteiger partial charge in [-0.05, 0) is 37.6 Å². The molecule has 0 bridgehead atoms. The molecule has 2 N–H and O–H groups in total. The maximum absolute atomic E-state index is 11.8. The second kappa shape index (κ2) is 8.10. The highest BCUT2D eigenvalue weighted by Gasteiger charge is 2.21. The molecule has 0 saturated carbocycles. The molecule has 0 unspecified atom stereocenters. The summed E-state index contributed by atoms with van der Waals surface area (Å²) in [5.41, 5.74) is 0. The summed E-state index contributed by atoms with van der Waals surface area (Å²) < 4.78 is 16.1. The van der Waals surface area contributed by atoms with E-state index in [0.717, 1.165) is 38.3 Å². The lowest BCUT2D eigenvalue weighted by Crippen LogP contribution is -2.40. The van der Waals surface area contributed by atoms with Crippen LogP contribution in [0.3, 0.4) is 0 Å². The zero-order chi connectivity index (χ0) is 16.8. The van der Waals surface area contributed by atoms with E-state index < -0.39 is 0 Å². The van der Waals surface area contributed by atoms with Gasteiger partial charge >= 0.3 is 6.03 Å². The number of rotatable bonds is 7. The quantitative estimate of drug-likeness (QED) is 0.738. The molecule has 2 heterocycles. The molecule has 2 aliphatic rings. The molecule has 3 rings (SSSR count). The third-order valence-electron chi connectivity index (χ3n) is 4.37. The van der Waals surface area contributed by atoms with E-state index in [4.69, 9.17) is 14.2 Å². The minimum Gasteiger partial charge on any atom is -0.492 e. The second-order valence-electron chi connectivity index (χ2n) is 6.05. The predicted octanol–water partition coefficient (Wildman–Crippen LogP) is 1.44. The van der Waals surface area contributed by atoms with E-state index in [0.29, 0.717) is 30.6 Å². The molecule has 0 radical (unpaired) electrons. The van der Waals surface area contributed by atoms with Crippen molar-refractivity contribution < 1.29 is 19.0 Å². The average molecular weight is 335 g/mol. The number of ether oxygens (including phenoxy) is 3. The van der Waals surface area contributed by atoms with Crippen LogP contribution in [0.25, 0.3) is 0 Å². The fourth-order valence-electron chi connectivity index (χ4n) is 2.97. The van der Waals surface area contributed by atoms with Crippen LogP contribution in [0, 0.1) is 5.92 Å². The number of nitrogens with zero attached hydrogens (tertiary/aromatic N) is 1. The molecule has 7 heteroatoms. The lowest BCUT2D eigenvalue weighted by Gasteiger charge is -2.14. The molecule has 2 aliphatic heterocycles. The van der Waals surface area contributed by atoms with Crippen LogP contribution in [0.1, 0.15) is 13.3 Å². The third kappa shape index (κ3) is 4.44. The first-order valence-electron chi connectivity index (χ1n) is 8.51. The summed E-state index contributed by atoms with van der Waals surface area (Å²) in [5.74, 6) is 2.68. The predicted molar refractivity (Wildman–Crippen MR) is 89.7 cm³/mol. The molecule has 24 heavy (non-hydrogen) atoms. The largest absolute Gasteiger partial charge is 0.492 e. The van der Waals surface area contributed by atoms with Crippen LogP contribution < -0.4 is 24.8 Å². The summed E-state index contributed by atoms with van der Waals surface area (Å²) in [4.78, 5) is 14.2. The highest BCUT2D eigenvalue weighted by molar-refractivity contribution is 5.73. The van der Waals surface area contributed by atoms with E-state index >= 15 is 0 Å². The Morgan fingerprint density at radius 1 is 1.33 bits per heavy atom. The molecular formula is C17H25N3O4. The van der Waals surface area contributed by atoms with Gasteiger partial charge < -0.3 is 29.7 Å². The second-order valence-corrected chi connectivity index (χ2v) is 6.05. The van der Waals surface area contributed by atoms with Crippen LogP contribution in [0.15, 0.2) is 18.2 Å². The van der Waals surface area contributed by atoms with Crippen molar-refractivity contribution in [3.05, 3.63) is 18.2 Å². The smallest absolute Gasteiger partial charge is 0.314 e. The number of hydrogen-bond acceptors (Lipinski definition) is 5. The van der Waals surface area contributed by atoms with E-state index in [9.17, 15) is 4.79 Å². The minimum atomic E-state index is -0.140. The third-order valence-corrected chi connectivity index (χ3v) is 4.37. The lowest BCUT2D eigenvalue weighted by atomic mass is 10.1. The Kier molecular flexibility index (Phi) is 5.63. The molecule has 1 aromatic carbocycles. The van der Waals surface area contributed by atoms with Gasteiger partial charge in [0.15, 0.2) is 11.5 Å². The highest BCUT2D eigenvalue weighted by Crippen LogP contribution is 2.34. The van der Waals surface area contributed by atoms with Crippen LogP contribution in [0.2, 0.25) is 0 Å². The maximum Gasteiger partial charge on any atom is 0.314 e. The molecular weight excluding hydrogens is 310 g/mol. The molecule has 132 valence electrons. The van der Waals surface area contributed by atoms with Gasteiger partial charge in [0, 0.05) is 19.2 Å². The summed E-state index contributed by atoms with van der Waals surface area (Å²) in [6, 6.07) is 5.30. The molecule has 7 nitrogen and oxygen atoms in total. The molecule has 2 amide bonds.